The van der Waals surface area contributed by atoms with E-state index >= 15 is 0 Å². The average Bonchev–Trinajstić information content (AvgIpc) is 2.67. The standard InChI is InChI=1S/C15H17NO3/c1-10-3-4-11(2)16(10)13-7-5-12(14(17)9-13)6-8-15(18)19/h3-5,7,9,17H,6,8H2,1-2H3,(H,18,19). The zero-order valence-corrected chi connectivity index (χ0v) is 11.1. The van der Waals surface area contributed by atoms with Gasteiger partial charge < -0.3 is 14.8 Å². The van der Waals surface area contributed by atoms with E-state index < -0.39 is 5.97 Å². The van der Waals surface area contributed by atoms with Crippen molar-refractivity contribution in [1.29, 1.82) is 0 Å². The fraction of sp³-hybridized carbons (Fsp3) is 0.267. The highest BCUT2D eigenvalue weighted by atomic mass is 16.4. The Hall–Kier alpha value is -2.23. The van der Waals surface area contributed by atoms with Crippen molar-refractivity contribution in [1.82, 2.24) is 4.57 Å². The number of phenolic OH excluding ortho intramolecular Hbond substituents is 1. The molecule has 0 unspecified atom stereocenters. The van der Waals surface area contributed by atoms with Crippen molar-refractivity contribution in [2.24, 2.45) is 0 Å². The van der Waals surface area contributed by atoms with Gasteiger partial charge in [0.25, 0.3) is 0 Å². The maximum atomic E-state index is 10.5. The van der Waals surface area contributed by atoms with E-state index in [-0.39, 0.29) is 12.2 Å². The third-order valence-corrected chi connectivity index (χ3v) is 3.21. The molecule has 4 heteroatoms. The smallest absolute Gasteiger partial charge is 0.303 e. The van der Waals surface area contributed by atoms with E-state index in [1.54, 1.807) is 12.1 Å². The molecule has 0 aliphatic rings. The third-order valence-electron chi connectivity index (χ3n) is 3.21. The molecule has 0 atom stereocenters. The first-order valence-electron chi connectivity index (χ1n) is 6.18. The summed E-state index contributed by atoms with van der Waals surface area (Å²) in [6.45, 7) is 4.00. The molecule has 19 heavy (non-hydrogen) atoms. The molecule has 0 aliphatic carbocycles. The van der Waals surface area contributed by atoms with Gasteiger partial charge in [0.1, 0.15) is 5.75 Å². The molecular formula is C15H17NO3. The van der Waals surface area contributed by atoms with E-state index in [1.165, 1.54) is 0 Å². The predicted octanol–water partition coefficient (Wildman–Crippen LogP) is 2.82. The van der Waals surface area contributed by atoms with Crippen molar-refractivity contribution in [3.63, 3.8) is 0 Å². The van der Waals surface area contributed by atoms with E-state index in [1.807, 2.05) is 36.6 Å². The predicted molar refractivity (Wildman–Crippen MR) is 72.9 cm³/mol. The lowest BCUT2D eigenvalue weighted by atomic mass is 10.1. The van der Waals surface area contributed by atoms with E-state index in [4.69, 9.17) is 5.11 Å². The maximum absolute atomic E-state index is 10.5. The van der Waals surface area contributed by atoms with E-state index in [0.29, 0.717) is 12.0 Å². The highest BCUT2D eigenvalue weighted by molar-refractivity contribution is 5.67. The van der Waals surface area contributed by atoms with Crippen molar-refractivity contribution < 1.29 is 15.0 Å². The van der Waals surface area contributed by atoms with E-state index in [2.05, 4.69) is 0 Å². The zero-order valence-electron chi connectivity index (χ0n) is 11.1. The van der Waals surface area contributed by atoms with Crippen LogP contribution in [0.15, 0.2) is 30.3 Å². The molecule has 2 rings (SSSR count). The van der Waals surface area contributed by atoms with Crippen molar-refractivity contribution >= 4 is 5.97 Å². The lowest BCUT2D eigenvalue weighted by Gasteiger charge is -2.11. The molecule has 0 amide bonds. The Morgan fingerprint density at radius 2 is 1.79 bits per heavy atom. The number of benzene rings is 1. The zero-order chi connectivity index (χ0) is 14.0. The molecule has 1 aromatic carbocycles. The van der Waals surface area contributed by atoms with Crippen molar-refractivity contribution in [2.75, 3.05) is 0 Å². The molecule has 100 valence electrons. The van der Waals surface area contributed by atoms with Crippen LogP contribution >= 0.6 is 0 Å². The number of rotatable bonds is 4. The Morgan fingerprint density at radius 3 is 2.32 bits per heavy atom. The van der Waals surface area contributed by atoms with Crippen molar-refractivity contribution in [2.45, 2.75) is 26.7 Å². The molecule has 1 aromatic heterocycles. The van der Waals surface area contributed by atoms with Gasteiger partial charge in [-0.05, 0) is 44.0 Å². The number of hydrogen-bond donors (Lipinski definition) is 2. The third kappa shape index (κ3) is 2.78. The lowest BCUT2D eigenvalue weighted by Crippen LogP contribution is -2.01. The summed E-state index contributed by atoms with van der Waals surface area (Å²) in [5, 5.41) is 18.6. The number of aliphatic carboxylic acids is 1. The quantitative estimate of drug-likeness (QED) is 0.887. The second-order valence-electron chi connectivity index (χ2n) is 4.66. The Bertz CT molecular complexity index is 594. The van der Waals surface area contributed by atoms with Crippen LogP contribution in [0.5, 0.6) is 5.75 Å². The van der Waals surface area contributed by atoms with Gasteiger partial charge in [0.15, 0.2) is 0 Å². The van der Waals surface area contributed by atoms with E-state index in [0.717, 1.165) is 17.1 Å². The van der Waals surface area contributed by atoms with Crippen LogP contribution in [0, 0.1) is 13.8 Å². The fourth-order valence-electron chi connectivity index (χ4n) is 2.22. The van der Waals surface area contributed by atoms with Crippen molar-refractivity contribution in [3.8, 4) is 11.4 Å². The number of carboxylic acids is 1. The summed E-state index contributed by atoms with van der Waals surface area (Å²) >= 11 is 0. The summed E-state index contributed by atoms with van der Waals surface area (Å²) in [7, 11) is 0. The van der Waals surface area contributed by atoms with Crippen LogP contribution in [0.1, 0.15) is 23.4 Å². The van der Waals surface area contributed by atoms with Crippen LogP contribution in [-0.2, 0) is 11.2 Å². The molecule has 0 saturated carbocycles. The topological polar surface area (TPSA) is 62.5 Å². The van der Waals surface area contributed by atoms with Gasteiger partial charge in [0.05, 0.1) is 0 Å². The summed E-state index contributed by atoms with van der Waals surface area (Å²) < 4.78 is 2.04. The van der Waals surface area contributed by atoms with Gasteiger partial charge in [-0.15, -0.1) is 0 Å². The molecular weight excluding hydrogens is 242 g/mol. The number of aromatic nitrogens is 1. The second-order valence-corrected chi connectivity index (χ2v) is 4.66. The molecule has 0 fully saturated rings. The summed E-state index contributed by atoms with van der Waals surface area (Å²) in [6.07, 6.45) is 0.361. The normalized spacial score (nSPS) is 10.6. The SMILES string of the molecule is Cc1ccc(C)n1-c1ccc(CCC(=O)O)c(O)c1. The molecule has 0 aliphatic heterocycles. The number of carbonyl (C=O) groups is 1. The summed E-state index contributed by atoms with van der Waals surface area (Å²) in [5.74, 6) is -0.716. The molecule has 0 bridgehead atoms. The largest absolute Gasteiger partial charge is 0.508 e. The highest BCUT2D eigenvalue weighted by Gasteiger charge is 2.08. The van der Waals surface area contributed by atoms with Crippen LogP contribution in [0.2, 0.25) is 0 Å². The van der Waals surface area contributed by atoms with Gasteiger partial charge in [-0.3, -0.25) is 4.79 Å². The lowest BCUT2D eigenvalue weighted by molar-refractivity contribution is -0.136. The Labute approximate surface area is 111 Å². The Balaban J connectivity index is 2.31. The van der Waals surface area contributed by atoms with Gasteiger partial charge in [-0.25, -0.2) is 0 Å². The second kappa shape index (κ2) is 5.18. The average molecular weight is 259 g/mol. The first-order chi connectivity index (χ1) is 8.99. The maximum Gasteiger partial charge on any atom is 0.303 e. The summed E-state index contributed by atoms with van der Waals surface area (Å²) in [5.41, 5.74) is 3.73. The van der Waals surface area contributed by atoms with Crippen LogP contribution in [0.4, 0.5) is 0 Å². The molecule has 4 nitrogen and oxygen atoms in total. The van der Waals surface area contributed by atoms with Crippen LogP contribution in [-0.4, -0.2) is 20.7 Å². The van der Waals surface area contributed by atoms with Crippen molar-refractivity contribution in [3.05, 3.63) is 47.3 Å². The van der Waals surface area contributed by atoms with Gasteiger partial charge >= 0.3 is 5.97 Å². The first-order valence-corrected chi connectivity index (χ1v) is 6.18. The number of aromatic hydroxyl groups is 1. The highest BCUT2D eigenvalue weighted by Crippen LogP contribution is 2.24. The summed E-state index contributed by atoms with van der Waals surface area (Å²) in [6, 6.07) is 9.40. The fourth-order valence-corrected chi connectivity index (χ4v) is 2.22. The minimum Gasteiger partial charge on any atom is -0.508 e. The number of carboxylic acid groups (broad SMARTS) is 1. The Morgan fingerprint density at radius 1 is 1.16 bits per heavy atom. The molecule has 2 N–H and O–H groups in total. The van der Waals surface area contributed by atoms with Gasteiger partial charge in [0.2, 0.25) is 0 Å². The number of nitrogens with zero attached hydrogens (tertiary/aromatic N) is 1. The minimum absolute atomic E-state index is 0.0223. The van der Waals surface area contributed by atoms with Crippen LogP contribution in [0.25, 0.3) is 5.69 Å². The van der Waals surface area contributed by atoms with Gasteiger partial charge in [-0.1, -0.05) is 6.07 Å². The summed E-state index contributed by atoms with van der Waals surface area (Å²) in [4.78, 5) is 10.5. The van der Waals surface area contributed by atoms with Gasteiger partial charge in [0, 0.05) is 29.6 Å². The first kappa shape index (κ1) is 13.2. The van der Waals surface area contributed by atoms with Crippen LogP contribution in [0.3, 0.4) is 0 Å². The molecule has 0 radical (unpaired) electrons. The Kier molecular flexibility index (Phi) is 3.60. The number of aryl methyl sites for hydroxylation is 3. The number of phenols is 1. The molecule has 2 aromatic rings. The molecule has 0 saturated heterocycles. The monoisotopic (exact) mass is 259 g/mol. The molecule has 0 spiro atoms. The molecule has 1 heterocycles. The van der Waals surface area contributed by atoms with Gasteiger partial charge in [-0.2, -0.15) is 0 Å². The van der Waals surface area contributed by atoms with E-state index in [9.17, 15) is 9.90 Å². The van der Waals surface area contributed by atoms with Crippen LogP contribution < -0.4 is 0 Å². The minimum atomic E-state index is -0.861. The number of hydrogen-bond acceptors (Lipinski definition) is 2.